The lowest BCUT2D eigenvalue weighted by Gasteiger charge is -2.17. The van der Waals surface area contributed by atoms with Gasteiger partial charge in [0.05, 0.1) is 12.7 Å². The van der Waals surface area contributed by atoms with Gasteiger partial charge in [-0.15, -0.1) is 0 Å². The number of nitrogens with one attached hydrogen (secondary N) is 1. The molecule has 25 heavy (non-hydrogen) atoms. The Balaban J connectivity index is 1.62. The van der Waals surface area contributed by atoms with E-state index in [2.05, 4.69) is 15.4 Å². The van der Waals surface area contributed by atoms with Gasteiger partial charge < -0.3 is 15.0 Å². The van der Waals surface area contributed by atoms with Crippen LogP contribution in [0.5, 0.6) is 11.6 Å². The Labute approximate surface area is 145 Å². The van der Waals surface area contributed by atoms with E-state index in [0.717, 1.165) is 5.56 Å². The predicted molar refractivity (Wildman–Crippen MR) is 94.4 cm³/mol. The van der Waals surface area contributed by atoms with Gasteiger partial charge in [0, 0.05) is 49.9 Å². The van der Waals surface area contributed by atoms with Gasteiger partial charge >= 0.3 is 6.03 Å². The van der Waals surface area contributed by atoms with Crippen LogP contribution in [0, 0.1) is 0 Å². The number of urea groups is 1. The van der Waals surface area contributed by atoms with Crippen LogP contribution in [-0.4, -0.2) is 32.7 Å². The smallest absolute Gasteiger partial charge is 0.321 e. The molecular formula is C18H19N5O2. The molecule has 0 saturated carbocycles. The number of rotatable bonds is 5. The summed E-state index contributed by atoms with van der Waals surface area (Å²) in [5.74, 6) is 1.10. The van der Waals surface area contributed by atoms with Gasteiger partial charge in [-0.3, -0.25) is 4.68 Å². The van der Waals surface area contributed by atoms with E-state index in [-0.39, 0.29) is 6.03 Å². The van der Waals surface area contributed by atoms with Crippen molar-refractivity contribution in [3.63, 3.8) is 0 Å². The second-order valence-corrected chi connectivity index (χ2v) is 5.61. The molecule has 0 bridgehead atoms. The number of hydrogen-bond acceptors (Lipinski definition) is 4. The lowest BCUT2D eigenvalue weighted by atomic mass is 10.3. The molecule has 1 aromatic carbocycles. The summed E-state index contributed by atoms with van der Waals surface area (Å²) in [5.41, 5.74) is 1.61. The number of benzene rings is 1. The van der Waals surface area contributed by atoms with Gasteiger partial charge in [0.25, 0.3) is 0 Å². The Morgan fingerprint density at radius 3 is 2.88 bits per heavy atom. The third-order valence-electron chi connectivity index (χ3n) is 3.47. The Morgan fingerprint density at radius 1 is 1.28 bits per heavy atom. The maximum Gasteiger partial charge on any atom is 0.321 e. The first-order valence-corrected chi connectivity index (χ1v) is 7.79. The second kappa shape index (κ2) is 7.48. The Kier molecular flexibility index (Phi) is 4.94. The average molecular weight is 337 g/mol. The van der Waals surface area contributed by atoms with Crippen LogP contribution in [0.2, 0.25) is 0 Å². The number of anilines is 1. The first-order valence-electron chi connectivity index (χ1n) is 7.79. The van der Waals surface area contributed by atoms with Gasteiger partial charge in [-0.25, -0.2) is 9.78 Å². The molecule has 0 radical (unpaired) electrons. The van der Waals surface area contributed by atoms with Crippen molar-refractivity contribution in [1.82, 2.24) is 19.7 Å². The van der Waals surface area contributed by atoms with Gasteiger partial charge in [-0.05, 0) is 18.2 Å². The maximum absolute atomic E-state index is 12.3. The topological polar surface area (TPSA) is 72.3 Å². The van der Waals surface area contributed by atoms with Crippen molar-refractivity contribution in [3.8, 4) is 11.6 Å². The standard InChI is InChI=1S/C18H19N5O2/c1-22(12-14-11-20-23(2)13-14)18(24)21-15-6-5-7-16(10-15)25-17-8-3-4-9-19-17/h3-11,13H,12H2,1-2H3,(H,21,24). The average Bonchev–Trinajstić information content (AvgIpc) is 3.01. The minimum absolute atomic E-state index is 0.209. The molecule has 0 saturated heterocycles. The summed E-state index contributed by atoms with van der Waals surface area (Å²) in [4.78, 5) is 18.0. The van der Waals surface area contributed by atoms with Crippen molar-refractivity contribution in [2.45, 2.75) is 6.54 Å². The molecule has 0 unspecified atom stereocenters. The molecule has 0 atom stereocenters. The number of carbonyl (C=O) groups is 1. The number of carbonyl (C=O) groups excluding carboxylic acids is 1. The Bertz CT molecular complexity index is 847. The molecular weight excluding hydrogens is 318 g/mol. The third-order valence-corrected chi connectivity index (χ3v) is 3.47. The molecule has 2 amide bonds. The van der Waals surface area contributed by atoms with E-state index in [4.69, 9.17) is 4.74 Å². The van der Waals surface area contributed by atoms with Crippen molar-refractivity contribution < 1.29 is 9.53 Å². The fourth-order valence-corrected chi connectivity index (χ4v) is 2.28. The predicted octanol–water partition coefficient (Wildman–Crippen LogP) is 3.27. The van der Waals surface area contributed by atoms with E-state index < -0.39 is 0 Å². The highest BCUT2D eigenvalue weighted by atomic mass is 16.5. The SMILES string of the molecule is CN(Cc1cnn(C)c1)C(=O)Nc1cccc(Oc2ccccn2)c1. The second-order valence-electron chi connectivity index (χ2n) is 5.61. The third kappa shape index (κ3) is 4.57. The minimum atomic E-state index is -0.209. The van der Waals surface area contributed by atoms with Crippen LogP contribution in [-0.2, 0) is 13.6 Å². The van der Waals surface area contributed by atoms with Crippen LogP contribution < -0.4 is 10.1 Å². The van der Waals surface area contributed by atoms with Gasteiger partial charge in [0.15, 0.2) is 0 Å². The Morgan fingerprint density at radius 2 is 2.16 bits per heavy atom. The minimum Gasteiger partial charge on any atom is -0.439 e. The maximum atomic E-state index is 12.3. The molecule has 7 heteroatoms. The molecule has 7 nitrogen and oxygen atoms in total. The van der Waals surface area contributed by atoms with Crippen LogP contribution in [0.3, 0.4) is 0 Å². The molecule has 0 aliphatic rings. The number of nitrogens with zero attached hydrogens (tertiary/aromatic N) is 4. The molecule has 3 rings (SSSR count). The lowest BCUT2D eigenvalue weighted by Crippen LogP contribution is -2.30. The van der Waals surface area contributed by atoms with Crippen molar-refractivity contribution >= 4 is 11.7 Å². The number of amides is 2. The summed E-state index contributed by atoms with van der Waals surface area (Å²) in [6, 6.07) is 12.4. The zero-order valence-corrected chi connectivity index (χ0v) is 14.1. The monoisotopic (exact) mass is 337 g/mol. The van der Waals surface area contributed by atoms with E-state index >= 15 is 0 Å². The largest absolute Gasteiger partial charge is 0.439 e. The van der Waals surface area contributed by atoms with E-state index in [1.165, 1.54) is 0 Å². The van der Waals surface area contributed by atoms with Gasteiger partial charge in [0.1, 0.15) is 5.75 Å². The number of ether oxygens (including phenoxy) is 1. The summed E-state index contributed by atoms with van der Waals surface area (Å²) >= 11 is 0. The van der Waals surface area contributed by atoms with E-state index in [1.807, 2.05) is 37.5 Å². The molecule has 3 aromatic rings. The first kappa shape index (κ1) is 16.5. The van der Waals surface area contributed by atoms with Crippen molar-refractivity contribution in [3.05, 3.63) is 66.6 Å². The molecule has 0 spiro atoms. The fraction of sp³-hybridized carbons (Fsp3) is 0.167. The van der Waals surface area contributed by atoms with Crippen LogP contribution in [0.25, 0.3) is 0 Å². The van der Waals surface area contributed by atoms with Crippen molar-refractivity contribution in [2.24, 2.45) is 7.05 Å². The molecule has 2 heterocycles. The van der Waals surface area contributed by atoms with Gasteiger partial charge in [-0.2, -0.15) is 5.10 Å². The first-order chi connectivity index (χ1) is 12.1. The number of aromatic nitrogens is 3. The van der Waals surface area contributed by atoms with Crippen LogP contribution in [0.1, 0.15) is 5.56 Å². The summed E-state index contributed by atoms with van der Waals surface area (Å²) in [7, 11) is 3.58. The van der Waals surface area contributed by atoms with Crippen molar-refractivity contribution in [2.75, 3.05) is 12.4 Å². The summed E-state index contributed by atoms with van der Waals surface area (Å²) in [5, 5.41) is 6.95. The van der Waals surface area contributed by atoms with Crippen LogP contribution in [0.4, 0.5) is 10.5 Å². The highest BCUT2D eigenvalue weighted by Crippen LogP contribution is 2.22. The number of hydrogen-bond donors (Lipinski definition) is 1. The van der Waals surface area contributed by atoms with E-state index in [0.29, 0.717) is 23.9 Å². The summed E-state index contributed by atoms with van der Waals surface area (Å²) in [6.45, 7) is 0.476. The molecule has 0 aliphatic heterocycles. The number of aryl methyl sites for hydroxylation is 1. The normalized spacial score (nSPS) is 10.3. The zero-order valence-electron chi connectivity index (χ0n) is 14.1. The fourth-order valence-electron chi connectivity index (χ4n) is 2.28. The zero-order chi connectivity index (χ0) is 17.6. The van der Waals surface area contributed by atoms with E-state index in [9.17, 15) is 4.79 Å². The molecule has 128 valence electrons. The summed E-state index contributed by atoms with van der Waals surface area (Å²) in [6.07, 6.45) is 5.28. The number of pyridine rings is 1. The van der Waals surface area contributed by atoms with Crippen molar-refractivity contribution in [1.29, 1.82) is 0 Å². The van der Waals surface area contributed by atoms with Crippen LogP contribution >= 0.6 is 0 Å². The van der Waals surface area contributed by atoms with E-state index in [1.54, 1.807) is 47.2 Å². The van der Waals surface area contributed by atoms with Gasteiger partial charge in [-0.1, -0.05) is 12.1 Å². The molecule has 2 aromatic heterocycles. The molecule has 1 N–H and O–H groups in total. The lowest BCUT2D eigenvalue weighted by molar-refractivity contribution is 0.220. The van der Waals surface area contributed by atoms with Gasteiger partial charge in [0.2, 0.25) is 5.88 Å². The molecule has 0 fully saturated rings. The highest BCUT2D eigenvalue weighted by Gasteiger charge is 2.11. The Hall–Kier alpha value is -3.35. The molecule has 0 aliphatic carbocycles. The van der Waals surface area contributed by atoms with Crippen LogP contribution in [0.15, 0.2) is 61.1 Å². The quantitative estimate of drug-likeness (QED) is 0.775. The summed E-state index contributed by atoms with van der Waals surface area (Å²) < 4.78 is 7.38. The highest BCUT2D eigenvalue weighted by molar-refractivity contribution is 5.89.